The van der Waals surface area contributed by atoms with Crippen LogP contribution < -0.4 is 5.32 Å². The van der Waals surface area contributed by atoms with Crippen LogP contribution in [0.4, 0.5) is 5.13 Å². The standard InChI is InChI=1S/C20H20ClN3OS/c1-13(2)15-6-3-14(4-7-15)5-12-18(25)22-20-24-23-19(26-20)16-8-10-17(21)11-9-16/h3-4,6-11,13H,5,12H2,1-2H3,(H,22,24,25). The number of amides is 1. The van der Waals surface area contributed by atoms with Gasteiger partial charge in [-0.2, -0.15) is 0 Å². The van der Waals surface area contributed by atoms with Gasteiger partial charge in [0.05, 0.1) is 0 Å². The summed E-state index contributed by atoms with van der Waals surface area (Å²) in [7, 11) is 0. The highest BCUT2D eigenvalue weighted by atomic mass is 35.5. The number of aromatic nitrogens is 2. The van der Waals surface area contributed by atoms with Crippen LogP contribution in [0, 0.1) is 0 Å². The number of benzene rings is 2. The number of rotatable bonds is 6. The highest BCUT2D eigenvalue weighted by Crippen LogP contribution is 2.27. The molecule has 1 amide bonds. The van der Waals surface area contributed by atoms with Crippen LogP contribution in [0.3, 0.4) is 0 Å². The molecule has 26 heavy (non-hydrogen) atoms. The van der Waals surface area contributed by atoms with E-state index in [0.29, 0.717) is 28.9 Å². The van der Waals surface area contributed by atoms with Gasteiger partial charge in [0.1, 0.15) is 5.01 Å². The maximum atomic E-state index is 12.2. The van der Waals surface area contributed by atoms with E-state index in [4.69, 9.17) is 11.6 Å². The molecule has 0 aliphatic heterocycles. The normalized spacial score (nSPS) is 10.9. The third-order valence-electron chi connectivity index (χ3n) is 4.05. The second kappa shape index (κ2) is 8.43. The van der Waals surface area contributed by atoms with E-state index in [1.165, 1.54) is 16.9 Å². The van der Waals surface area contributed by atoms with Crippen LogP contribution in [0.1, 0.15) is 37.3 Å². The summed E-state index contributed by atoms with van der Waals surface area (Å²) >= 11 is 7.24. The van der Waals surface area contributed by atoms with Gasteiger partial charge in [0.25, 0.3) is 0 Å². The van der Waals surface area contributed by atoms with Crippen LogP contribution in [0.15, 0.2) is 48.5 Å². The Morgan fingerprint density at radius 3 is 2.42 bits per heavy atom. The SMILES string of the molecule is CC(C)c1ccc(CCC(=O)Nc2nnc(-c3ccc(Cl)cc3)s2)cc1. The Balaban J connectivity index is 1.54. The van der Waals surface area contributed by atoms with E-state index in [-0.39, 0.29) is 5.91 Å². The molecule has 3 aromatic rings. The minimum atomic E-state index is -0.0586. The van der Waals surface area contributed by atoms with Gasteiger partial charge in [-0.3, -0.25) is 4.79 Å². The number of nitrogens with zero attached hydrogens (tertiary/aromatic N) is 2. The fourth-order valence-corrected chi connectivity index (χ4v) is 3.38. The van der Waals surface area contributed by atoms with Crippen LogP contribution in [0.5, 0.6) is 0 Å². The summed E-state index contributed by atoms with van der Waals surface area (Å²) in [5.41, 5.74) is 3.39. The molecule has 134 valence electrons. The van der Waals surface area contributed by atoms with Crippen molar-refractivity contribution in [3.8, 4) is 10.6 Å². The Hall–Kier alpha value is -2.24. The van der Waals surface area contributed by atoms with Gasteiger partial charge in [-0.25, -0.2) is 0 Å². The molecule has 0 aliphatic rings. The first kappa shape index (κ1) is 18.5. The molecule has 0 atom stereocenters. The van der Waals surface area contributed by atoms with Gasteiger partial charge < -0.3 is 5.32 Å². The maximum Gasteiger partial charge on any atom is 0.226 e. The summed E-state index contributed by atoms with van der Waals surface area (Å²) in [4.78, 5) is 12.2. The molecule has 3 rings (SSSR count). The largest absolute Gasteiger partial charge is 0.301 e. The second-order valence-corrected chi connectivity index (χ2v) is 7.78. The van der Waals surface area contributed by atoms with Crippen molar-refractivity contribution in [2.24, 2.45) is 0 Å². The van der Waals surface area contributed by atoms with Gasteiger partial charge in [0.15, 0.2) is 0 Å². The smallest absolute Gasteiger partial charge is 0.226 e. The Morgan fingerprint density at radius 1 is 1.08 bits per heavy atom. The number of halogens is 1. The van der Waals surface area contributed by atoms with Crippen molar-refractivity contribution in [1.82, 2.24) is 10.2 Å². The summed E-state index contributed by atoms with van der Waals surface area (Å²) in [6, 6.07) is 15.8. The second-order valence-electron chi connectivity index (χ2n) is 6.36. The fourth-order valence-electron chi connectivity index (χ4n) is 2.49. The lowest BCUT2D eigenvalue weighted by molar-refractivity contribution is -0.116. The van der Waals surface area contributed by atoms with Crippen molar-refractivity contribution in [2.45, 2.75) is 32.6 Å². The molecule has 0 radical (unpaired) electrons. The number of carbonyl (C=O) groups excluding carboxylic acids is 1. The molecular weight excluding hydrogens is 366 g/mol. The Labute approximate surface area is 162 Å². The van der Waals surface area contributed by atoms with Gasteiger partial charge in [0.2, 0.25) is 11.0 Å². The third kappa shape index (κ3) is 4.90. The first-order chi connectivity index (χ1) is 12.5. The zero-order valence-electron chi connectivity index (χ0n) is 14.7. The highest BCUT2D eigenvalue weighted by Gasteiger charge is 2.10. The predicted octanol–water partition coefficient (Wildman–Crippen LogP) is 5.55. The predicted molar refractivity (Wildman–Crippen MR) is 108 cm³/mol. The van der Waals surface area contributed by atoms with Crippen molar-refractivity contribution >= 4 is 34.0 Å². The lowest BCUT2D eigenvalue weighted by atomic mass is 10.0. The zero-order chi connectivity index (χ0) is 18.5. The van der Waals surface area contributed by atoms with E-state index < -0.39 is 0 Å². The van der Waals surface area contributed by atoms with Gasteiger partial charge in [-0.1, -0.05) is 73.2 Å². The van der Waals surface area contributed by atoms with E-state index in [1.54, 1.807) is 12.1 Å². The summed E-state index contributed by atoms with van der Waals surface area (Å²) in [5, 5.41) is 12.9. The Bertz CT molecular complexity index is 873. The molecule has 1 heterocycles. The summed E-state index contributed by atoms with van der Waals surface area (Å²) in [5.74, 6) is 0.455. The average molecular weight is 386 g/mol. The molecule has 0 unspecified atom stereocenters. The van der Waals surface area contributed by atoms with Crippen molar-refractivity contribution in [3.63, 3.8) is 0 Å². The maximum absolute atomic E-state index is 12.2. The number of nitrogens with one attached hydrogen (secondary N) is 1. The molecular formula is C20H20ClN3OS. The van der Waals surface area contributed by atoms with Crippen LogP contribution in [-0.2, 0) is 11.2 Å². The molecule has 2 aromatic carbocycles. The van der Waals surface area contributed by atoms with E-state index in [0.717, 1.165) is 16.1 Å². The number of aryl methyl sites for hydroxylation is 1. The first-order valence-electron chi connectivity index (χ1n) is 8.49. The Kier molecular flexibility index (Phi) is 6.01. The van der Waals surface area contributed by atoms with Crippen molar-refractivity contribution in [3.05, 3.63) is 64.7 Å². The summed E-state index contributed by atoms with van der Waals surface area (Å²) < 4.78 is 0. The van der Waals surface area contributed by atoms with Crippen LogP contribution in [0.2, 0.25) is 5.02 Å². The Morgan fingerprint density at radius 2 is 1.77 bits per heavy atom. The molecule has 0 bridgehead atoms. The fraction of sp³-hybridized carbons (Fsp3) is 0.250. The molecule has 0 spiro atoms. The minimum absolute atomic E-state index is 0.0586. The van der Waals surface area contributed by atoms with Gasteiger partial charge in [-0.05, 0) is 35.6 Å². The lowest BCUT2D eigenvalue weighted by Gasteiger charge is -2.06. The molecule has 0 saturated carbocycles. The molecule has 0 fully saturated rings. The van der Waals surface area contributed by atoms with E-state index in [1.807, 2.05) is 12.1 Å². The van der Waals surface area contributed by atoms with Gasteiger partial charge >= 0.3 is 0 Å². The van der Waals surface area contributed by atoms with E-state index >= 15 is 0 Å². The molecule has 0 saturated heterocycles. The quantitative estimate of drug-likeness (QED) is 0.604. The number of anilines is 1. The van der Waals surface area contributed by atoms with E-state index in [2.05, 4.69) is 53.6 Å². The zero-order valence-corrected chi connectivity index (χ0v) is 16.3. The van der Waals surface area contributed by atoms with Crippen LogP contribution in [-0.4, -0.2) is 16.1 Å². The minimum Gasteiger partial charge on any atom is -0.301 e. The van der Waals surface area contributed by atoms with Gasteiger partial charge in [-0.15, -0.1) is 10.2 Å². The number of hydrogen-bond donors (Lipinski definition) is 1. The van der Waals surface area contributed by atoms with E-state index in [9.17, 15) is 4.79 Å². The lowest BCUT2D eigenvalue weighted by Crippen LogP contribution is -2.12. The number of carbonyl (C=O) groups is 1. The monoisotopic (exact) mass is 385 g/mol. The molecule has 1 aromatic heterocycles. The number of hydrogen-bond acceptors (Lipinski definition) is 4. The summed E-state index contributed by atoms with van der Waals surface area (Å²) in [6.45, 7) is 4.34. The van der Waals surface area contributed by atoms with Crippen molar-refractivity contribution < 1.29 is 4.79 Å². The van der Waals surface area contributed by atoms with Crippen molar-refractivity contribution in [1.29, 1.82) is 0 Å². The third-order valence-corrected chi connectivity index (χ3v) is 5.19. The van der Waals surface area contributed by atoms with Gasteiger partial charge in [0, 0.05) is 17.0 Å². The highest BCUT2D eigenvalue weighted by molar-refractivity contribution is 7.18. The average Bonchev–Trinajstić information content (AvgIpc) is 3.09. The first-order valence-corrected chi connectivity index (χ1v) is 9.69. The molecule has 1 N–H and O–H groups in total. The topological polar surface area (TPSA) is 54.9 Å². The molecule has 0 aliphatic carbocycles. The van der Waals surface area contributed by atoms with Crippen LogP contribution >= 0.6 is 22.9 Å². The molecule has 6 heteroatoms. The summed E-state index contributed by atoms with van der Waals surface area (Å²) in [6.07, 6.45) is 1.12. The molecule has 4 nitrogen and oxygen atoms in total. The van der Waals surface area contributed by atoms with Crippen LogP contribution in [0.25, 0.3) is 10.6 Å². The van der Waals surface area contributed by atoms with Crippen molar-refractivity contribution in [2.75, 3.05) is 5.32 Å².